The van der Waals surface area contributed by atoms with Crippen LogP contribution >= 0.6 is 11.6 Å². The Labute approximate surface area is 166 Å². The third-order valence-electron chi connectivity index (χ3n) is 4.52. The third-order valence-corrected chi connectivity index (χ3v) is 6.86. The number of benzene rings is 2. The van der Waals surface area contributed by atoms with E-state index >= 15 is 0 Å². The SMILES string of the molecule is CN=S(=O)(NC1(c2ccc(Cl)cc2)CCNC1)c1ccc(OC(F)(F)F)cc1. The molecule has 152 valence electrons. The molecule has 2 atom stereocenters. The number of ether oxygens (including phenoxy) is 1. The van der Waals surface area contributed by atoms with Gasteiger partial charge in [-0.1, -0.05) is 23.7 Å². The molecule has 0 aromatic heterocycles. The Morgan fingerprint density at radius 3 is 2.32 bits per heavy atom. The van der Waals surface area contributed by atoms with Crippen LogP contribution in [0.25, 0.3) is 0 Å². The topological polar surface area (TPSA) is 62.7 Å². The largest absolute Gasteiger partial charge is 0.573 e. The lowest BCUT2D eigenvalue weighted by Gasteiger charge is -2.32. The van der Waals surface area contributed by atoms with E-state index in [9.17, 15) is 17.4 Å². The van der Waals surface area contributed by atoms with Gasteiger partial charge in [-0.3, -0.25) is 0 Å². The van der Waals surface area contributed by atoms with Crippen molar-refractivity contribution in [3.05, 3.63) is 59.1 Å². The molecular weight excluding hydrogens is 415 g/mol. The number of nitrogens with one attached hydrogen (secondary N) is 2. The van der Waals surface area contributed by atoms with Crippen LogP contribution in [-0.4, -0.2) is 30.7 Å². The van der Waals surface area contributed by atoms with E-state index in [0.717, 1.165) is 17.7 Å². The summed E-state index contributed by atoms with van der Waals surface area (Å²) in [4.78, 5) is 0.268. The lowest BCUT2D eigenvalue weighted by atomic mass is 9.90. The molecule has 0 spiro atoms. The molecule has 28 heavy (non-hydrogen) atoms. The van der Waals surface area contributed by atoms with E-state index in [0.29, 0.717) is 24.5 Å². The molecular formula is C18H19ClF3N3O2S. The monoisotopic (exact) mass is 433 g/mol. The highest BCUT2D eigenvalue weighted by atomic mass is 35.5. The molecule has 0 aliphatic carbocycles. The second kappa shape index (κ2) is 7.90. The van der Waals surface area contributed by atoms with Crippen LogP contribution in [0.5, 0.6) is 5.75 Å². The predicted octanol–water partition coefficient (Wildman–Crippen LogP) is 4.09. The van der Waals surface area contributed by atoms with E-state index in [2.05, 4.69) is 19.1 Å². The van der Waals surface area contributed by atoms with Gasteiger partial charge in [0.05, 0.1) is 10.4 Å². The first kappa shape index (κ1) is 20.9. The van der Waals surface area contributed by atoms with Crippen molar-refractivity contribution in [1.29, 1.82) is 0 Å². The average Bonchev–Trinajstić information content (AvgIpc) is 3.10. The standard InChI is InChI=1S/C18H19ClF3N3O2S/c1-23-28(26,16-8-6-15(7-9-16)27-18(20,21)22)25-17(10-11-24-12-17)13-2-4-14(19)5-3-13/h2-9,24H,10-12H2,1H3,(H,23,25,26). The molecule has 0 bridgehead atoms. The molecule has 0 radical (unpaired) electrons. The van der Waals surface area contributed by atoms with Crippen LogP contribution in [0.3, 0.4) is 0 Å². The first-order chi connectivity index (χ1) is 13.2. The molecule has 2 aromatic rings. The van der Waals surface area contributed by atoms with Gasteiger partial charge in [-0.15, -0.1) is 13.2 Å². The maximum absolute atomic E-state index is 13.6. The minimum absolute atomic E-state index is 0.268. The second-order valence-corrected chi connectivity index (χ2v) is 8.87. The summed E-state index contributed by atoms with van der Waals surface area (Å²) < 4.78 is 61.7. The van der Waals surface area contributed by atoms with Crippen LogP contribution in [-0.2, 0) is 15.5 Å². The molecule has 10 heteroatoms. The van der Waals surface area contributed by atoms with Crippen molar-refractivity contribution in [2.24, 2.45) is 4.36 Å². The van der Waals surface area contributed by atoms with E-state index in [-0.39, 0.29) is 10.6 Å². The van der Waals surface area contributed by atoms with Gasteiger partial charge in [-0.25, -0.2) is 13.3 Å². The Morgan fingerprint density at radius 2 is 1.82 bits per heavy atom. The summed E-state index contributed by atoms with van der Waals surface area (Å²) in [6, 6.07) is 12.1. The fourth-order valence-corrected chi connectivity index (χ4v) is 5.03. The summed E-state index contributed by atoms with van der Waals surface area (Å²) in [5.74, 6) is -0.385. The molecule has 0 saturated carbocycles. The van der Waals surface area contributed by atoms with Crippen molar-refractivity contribution in [3.8, 4) is 5.75 Å². The first-order valence-electron chi connectivity index (χ1n) is 8.43. The summed E-state index contributed by atoms with van der Waals surface area (Å²) in [5.41, 5.74) is 0.248. The van der Waals surface area contributed by atoms with Gasteiger partial charge in [-0.05, 0) is 54.9 Å². The minimum Gasteiger partial charge on any atom is -0.406 e. The molecule has 3 rings (SSSR count). The lowest BCUT2D eigenvalue weighted by Crippen LogP contribution is -2.47. The second-order valence-electron chi connectivity index (χ2n) is 6.35. The molecule has 2 N–H and O–H groups in total. The third kappa shape index (κ3) is 4.60. The smallest absolute Gasteiger partial charge is 0.406 e. The Balaban J connectivity index is 1.93. The lowest BCUT2D eigenvalue weighted by molar-refractivity contribution is -0.274. The Hall–Kier alpha value is -1.81. The molecule has 1 aliphatic rings. The van der Waals surface area contributed by atoms with Crippen molar-refractivity contribution in [2.75, 3.05) is 20.1 Å². The van der Waals surface area contributed by atoms with Gasteiger partial charge < -0.3 is 10.1 Å². The number of halogens is 4. The Bertz CT molecular complexity index is 934. The quantitative estimate of drug-likeness (QED) is 0.746. The van der Waals surface area contributed by atoms with Crippen molar-refractivity contribution in [1.82, 2.24) is 10.0 Å². The summed E-state index contributed by atoms with van der Waals surface area (Å²) in [7, 11) is -1.69. The van der Waals surface area contributed by atoms with Gasteiger partial charge in [0.1, 0.15) is 15.7 Å². The van der Waals surface area contributed by atoms with Gasteiger partial charge in [-0.2, -0.15) is 0 Å². The summed E-state index contributed by atoms with van der Waals surface area (Å²) in [5, 5.41) is 3.84. The number of hydrogen-bond donors (Lipinski definition) is 2. The summed E-state index contributed by atoms with van der Waals surface area (Å²) in [6.07, 6.45) is -4.12. The highest BCUT2D eigenvalue weighted by Crippen LogP contribution is 2.32. The fraction of sp³-hybridized carbons (Fsp3) is 0.333. The van der Waals surface area contributed by atoms with E-state index in [1.54, 1.807) is 12.1 Å². The van der Waals surface area contributed by atoms with Crippen molar-refractivity contribution >= 4 is 21.5 Å². The molecule has 1 aliphatic heterocycles. The Morgan fingerprint density at radius 1 is 1.18 bits per heavy atom. The number of hydrogen-bond acceptors (Lipinski definition) is 4. The van der Waals surface area contributed by atoms with Gasteiger partial charge in [0.2, 0.25) is 0 Å². The summed E-state index contributed by atoms with van der Waals surface area (Å²) >= 11 is 5.98. The number of rotatable bonds is 5. The van der Waals surface area contributed by atoms with Crippen molar-refractivity contribution in [3.63, 3.8) is 0 Å². The normalized spacial score (nSPS) is 21.9. The van der Waals surface area contributed by atoms with Crippen LogP contribution in [0.4, 0.5) is 13.2 Å². The van der Waals surface area contributed by atoms with E-state index in [1.807, 2.05) is 12.1 Å². The molecule has 1 heterocycles. The zero-order valence-corrected chi connectivity index (χ0v) is 16.5. The molecule has 1 saturated heterocycles. The zero-order valence-electron chi connectivity index (χ0n) is 14.9. The van der Waals surface area contributed by atoms with Crippen LogP contribution in [0, 0.1) is 0 Å². The number of nitrogens with zero attached hydrogens (tertiary/aromatic N) is 1. The maximum Gasteiger partial charge on any atom is 0.573 e. The minimum atomic E-state index is -4.79. The van der Waals surface area contributed by atoms with Gasteiger partial charge in [0, 0.05) is 18.6 Å². The van der Waals surface area contributed by atoms with Crippen molar-refractivity contribution < 1.29 is 22.1 Å². The first-order valence-corrected chi connectivity index (χ1v) is 10.3. The molecule has 2 aromatic carbocycles. The Kier molecular flexibility index (Phi) is 5.90. The van der Waals surface area contributed by atoms with E-state index < -0.39 is 21.8 Å². The van der Waals surface area contributed by atoms with Crippen LogP contribution in [0.2, 0.25) is 5.02 Å². The van der Waals surface area contributed by atoms with Crippen LogP contribution < -0.4 is 14.8 Å². The molecule has 5 nitrogen and oxygen atoms in total. The fourth-order valence-electron chi connectivity index (χ4n) is 3.15. The van der Waals surface area contributed by atoms with E-state index in [1.165, 1.54) is 19.2 Å². The maximum atomic E-state index is 13.6. The van der Waals surface area contributed by atoms with Gasteiger partial charge in [0.25, 0.3) is 0 Å². The van der Waals surface area contributed by atoms with Crippen LogP contribution in [0.1, 0.15) is 12.0 Å². The number of alkyl halides is 3. The zero-order chi connectivity index (χ0) is 20.4. The van der Waals surface area contributed by atoms with Gasteiger partial charge >= 0.3 is 6.36 Å². The molecule has 1 fully saturated rings. The molecule has 0 amide bonds. The average molecular weight is 434 g/mol. The van der Waals surface area contributed by atoms with Crippen molar-refractivity contribution in [2.45, 2.75) is 23.2 Å². The predicted molar refractivity (Wildman–Crippen MR) is 102 cm³/mol. The van der Waals surface area contributed by atoms with Crippen LogP contribution in [0.15, 0.2) is 57.8 Å². The highest BCUT2D eigenvalue weighted by molar-refractivity contribution is 7.91. The highest BCUT2D eigenvalue weighted by Gasteiger charge is 2.39. The van der Waals surface area contributed by atoms with Gasteiger partial charge in [0.15, 0.2) is 0 Å². The summed E-state index contributed by atoms with van der Waals surface area (Å²) in [6.45, 7) is 1.24. The molecule has 2 unspecified atom stereocenters. The van der Waals surface area contributed by atoms with E-state index in [4.69, 9.17) is 11.6 Å².